The first-order valence-corrected chi connectivity index (χ1v) is 5.39. The molecule has 4 aliphatic heterocycles. The lowest BCUT2D eigenvalue weighted by molar-refractivity contribution is -0.371. The highest BCUT2D eigenvalue weighted by Gasteiger charge is 2.80. The summed E-state index contributed by atoms with van der Waals surface area (Å²) in [5, 5.41) is 0. The number of carbonyl (C=O) groups is 1. The fourth-order valence-electron chi connectivity index (χ4n) is 4.18. The van der Waals surface area contributed by atoms with Crippen LogP contribution < -0.4 is 0 Å². The standard InChI is InChI=1S/C10H10O5/c1-10-5-2-3-6(11)4(5)9(15-10)13-7(3)12-8(2)14-10/h2-5,7-9H,1H3/t2-,3-,4+,5+,7-,8-,9+,10+/m0/s1. The highest BCUT2D eigenvalue weighted by molar-refractivity contribution is 5.89. The van der Waals surface area contributed by atoms with Gasteiger partial charge in [0.1, 0.15) is 5.78 Å². The molecule has 4 saturated heterocycles. The van der Waals surface area contributed by atoms with Crippen molar-refractivity contribution in [3.63, 3.8) is 0 Å². The van der Waals surface area contributed by atoms with Crippen LogP contribution in [-0.4, -0.2) is 30.4 Å². The number of hydrogen-bond donors (Lipinski definition) is 0. The van der Waals surface area contributed by atoms with E-state index in [9.17, 15) is 4.79 Å². The Bertz CT molecular complexity index is 395. The van der Waals surface area contributed by atoms with Crippen molar-refractivity contribution in [2.24, 2.45) is 23.7 Å². The van der Waals surface area contributed by atoms with Gasteiger partial charge in [-0.1, -0.05) is 0 Å². The molecule has 0 radical (unpaired) electrons. The van der Waals surface area contributed by atoms with E-state index in [1.807, 2.05) is 6.92 Å². The van der Waals surface area contributed by atoms with Crippen molar-refractivity contribution in [3.05, 3.63) is 0 Å². The molecule has 0 spiro atoms. The molecular weight excluding hydrogens is 200 g/mol. The van der Waals surface area contributed by atoms with Crippen molar-refractivity contribution < 1.29 is 23.7 Å². The molecule has 0 aromatic carbocycles. The summed E-state index contributed by atoms with van der Waals surface area (Å²) in [6, 6.07) is 0. The third-order valence-electron chi connectivity index (χ3n) is 4.62. The average molecular weight is 210 g/mol. The molecule has 15 heavy (non-hydrogen) atoms. The van der Waals surface area contributed by atoms with Gasteiger partial charge >= 0.3 is 0 Å². The van der Waals surface area contributed by atoms with Gasteiger partial charge in [0.2, 0.25) is 0 Å². The molecule has 2 bridgehead atoms. The van der Waals surface area contributed by atoms with Crippen LogP contribution in [0.3, 0.4) is 0 Å². The van der Waals surface area contributed by atoms with Crippen LogP contribution in [0.2, 0.25) is 0 Å². The van der Waals surface area contributed by atoms with Crippen molar-refractivity contribution in [2.75, 3.05) is 0 Å². The minimum atomic E-state index is -0.666. The molecule has 0 amide bonds. The van der Waals surface area contributed by atoms with Gasteiger partial charge in [-0.3, -0.25) is 4.79 Å². The number of ketones is 1. The van der Waals surface area contributed by atoms with Crippen molar-refractivity contribution >= 4 is 5.78 Å². The predicted octanol–water partition coefficient (Wildman–Crippen LogP) is -0.151. The van der Waals surface area contributed by atoms with Gasteiger partial charge in [-0.25, -0.2) is 0 Å². The molecule has 0 aromatic rings. The van der Waals surface area contributed by atoms with Gasteiger partial charge in [0.25, 0.3) is 0 Å². The first kappa shape index (κ1) is 7.73. The fourth-order valence-corrected chi connectivity index (χ4v) is 4.18. The van der Waals surface area contributed by atoms with Crippen LogP contribution in [0, 0.1) is 23.7 Å². The number of hydrogen-bond acceptors (Lipinski definition) is 5. The number of carbonyl (C=O) groups excluding carboxylic acids is 1. The van der Waals surface area contributed by atoms with Gasteiger partial charge in [-0.15, -0.1) is 0 Å². The van der Waals surface area contributed by atoms with Crippen LogP contribution in [0.25, 0.3) is 0 Å². The Morgan fingerprint density at radius 1 is 1.07 bits per heavy atom. The molecular formula is C10H10O5. The third kappa shape index (κ3) is 0.581. The van der Waals surface area contributed by atoms with Crippen molar-refractivity contribution in [1.82, 2.24) is 0 Å². The van der Waals surface area contributed by atoms with E-state index in [0.717, 1.165) is 0 Å². The van der Waals surface area contributed by atoms with Gasteiger partial charge in [-0.2, -0.15) is 0 Å². The van der Waals surface area contributed by atoms with E-state index in [0.29, 0.717) is 0 Å². The summed E-state index contributed by atoms with van der Waals surface area (Å²) in [6.07, 6.45) is -1.17. The van der Waals surface area contributed by atoms with Crippen LogP contribution in [-0.2, 0) is 23.7 Å². The summed E-state index contributed by atoms with van der Waals surface area (Å²) >= 11 is 0. The lowest BCUT2D eigenvalue weighted by Gasteiger charge is -2.33. The SMILES string of the molecule is C[C@]12O[C@H]3O[C@@H]4O[C@@H](O1)[C@H]1[C@H]4C(=O)[C@H]3[C@@H]12. The summed E-state index contributed by atoms with van der Waals surface area (Å²) in [5.74, 6) is -0.328. The van der Waals surface area contributed by atoms with E-state index in [4.69, 9.17) is 18.9 Å². The molecule has 0 N–H and O–H groups in total. The van der Waals surface area contributed by atoms with Crippen molar-refractivity contribution in [1.29, 1.82) is 0 Å². The molecule has 0 unspecified atom stereocenters. The lowest BCUT2D eigenvalue weighted by Crippen LogP contribution is -2.44. The van der Waals surface area contributed by atoms with Crippen LogP contribution in [0.4, 0.5) is 0 Å². The number of Topliss-reactive ketones (excluding diaryl/α,β-unsaturated/α-hetero) is 1. The first-order valence-electron chi connectivity index (χ1n) is 5.39. The third-order valence-corrected chi connectivity index (χ3v) is 4.62. The number of ether oxygens (including phenoxy) is 4. The summed E-state index contributed by atoms with van der Waals surface area (Å²) < 4.78 is 22.7. The van der Waals surface area contributed by atoms with Gasteiger partial charge in [0, 0.05) is 11.8 Å². The molecule has 5 aliphatic rings. The summed E-state index contributed by atoms with van der Waals surface area (Å²) in [4.78, 5) is 12.1. The van der Waals surface area contributed by atoms with E-state index in [2.05, 4.69) is 0 Å². The van der Waals surface area contributed by atoms with Crippen molar-refractivity contribution in [3.8, 4) is 0 Å². The van der Waals surface area contributed by atoms with Gasteiger partial charge in [-0.05, 0) is 6.92 Å². The summed E-state index contributed by atoms with van der Waals surface area (Å²) in [5.41, 5.74) is 0. The summed E-state index contributed by atoms with van der Waals surface area (Å²) in [6.45, 7) is 1.89. The molecule has 5 rings (SSSR count). The Morgan fingerprint density at radius 2 is 1.80 bits per heavy atom. The fraction of sp³-hybridized carbons (Fsp3) is 0.900. The first-order chi connectivity index (χ1) is 7.19. The number of rotatable bonds is 0. The molecule has 0 aromatic heterocycles. The summed E-state index contributed by atoms with van der Waals surface area (Å²) in [7, 11) is 0. The maximum atomic E-state index is 12.1. The predicted molar refractivity (Wildman–Crippen MR) is 43.1 cm³/mol. The topological polar surface area (TPSA) is 54.0 Å². The van der Waals surface area contributed by atoms with Crippen molar-refractivity contribution in [2.45, 2.75) is 31.6 Å². The molecule has 1 aliphatic carbocycles. The molecule has 8 atom stereocenters. The van der Waals surface area contributed by atoms with E-state index in [-0.39, 0.29) is 35.7 Å². The quantitative estimate of drug-likeness (QED) is 0.556. The van der Waals surface area contributed by atoms with Crippen LogP contribution in [0.15, 0.2) is 0 Å². The largest absolute Gasteiger partial charge is 0.323 e. The Hall–Kier alpha value is -0.490. The van der Waals surface area contributed by atoms with E-state index < -0.39 is 18.4 Å². The average Bonchev–Trinajstić information content (AvgIpc) is 2.70. The molecule has 80 valence electrons. The minimum Gasteiger partial charge on any atom is -0.323 e. The Labute approximate surface area is 85.6 Å². The molecule has 4 heterocycles. The van der Waals surface area contributed by atoms with E-state index in [1.165, 1.54) is 0 Å². The van der Waals surface area contributed by atoms with Crippen LogP contribution >= 0.6 is 0 Å². The maximum Gasteiger partial charge on any atom is 0.176 e. The van der Waals surface area contributed by atoms with Crippen LogP contribution in [0.1, 0.15) is 6.92 Å². The van der Waals surface area contributed by atoms with Gasteiger partial charge in [0.05, 0.1) is 11.8 Å². The smallest absolute Gasteiger partial charge is 0.176 e. The molecule has 1 saturated carbocycles. The zero-order valence-corrected chi connectivity index (χ0v) is 8.08. The monoisotopic (exact) mass is 210 g/mol. The second-order valence-electron chi connectivity index (χ2n) is 5.19. The Kier molecular flexibility index (Phi) is 0.970. The minimum absolute atomic E-state index is 0.105. The van der Waals surface area contributed by atoms with E-state index in [1.54, 1.807) is 0 Å². The molecule has 5 heteroatoms. The highest BCUT2D eigenvalue weighted by Crippen LogP contribution is 2.67. The normalized spacial score (nSPS) is 72.3. The highest BCUT2D eigenvalue weighted by atomic mass is 16.9. The second kappa shape index (κ2) is 1.88. The van der Waals surface area contributed by atoms with Gasteiger partial charge < -0.3 is 18.9 Å². The zero-order chi connectivity index (χ0) is 9.95. The Morgan fingerprint density at radius 3 is 2.67 bits per heavy atom. The lowest BCUT2D eigenvalue weighted by atomic mass is 9.86. The second-order valence-corrected chi connectivity index (χ2v) is 5.19. The maximum absolute atomic E-state index is 12.1. The molecule has 5 fully saturated rings. The van der Waals surface area contributed by atoms with Crippen LogP contribution in [0.5, 0.6) is 0 Å². The molecule has 5 nitrogen and oxygen atoms in total. The Balaban J connectivity index is 1.82. The zero-order valence-electron chi connectivity index (χ0n) is 8.08. The van der Waals surface area contributed by atoms with E-state index >= 15 is 0 Å². The van der Waals surface area contributed by atoms with Gasteiger partial charge in [0.15, 0.2) is 24.7 Å².